The quantitative estimate of drug-likeness (QED) is 0.599. The lowest BCUT2D eigenvalue weighted by atomic mass is 9.87. The lowest BCUT2D eigenvalue weighted by Gasteiger charge is -2.27. The van der Waals surface area contributed by atoms with Crippen LogP contribution in [0.2, 0.25) is 0 Å². The van der Waals surface area contributed by atoms with Gasteiger partial charge in [-0.2, -0.15) is 15.0 Å². The molecule has 1 aliphatic carbocycles. The Bertz CT molecular complexity index is 1150. The first-order valence-electron chi connectivity index (χ1n) is 10.6. The Balaban J connectivity index is 1.53. The average molecular weight is 438 g/mol. The summed E-state index contributed by atoms with van der Waals surface area (Å²) in [5.41, 5.74) is 4.46. The lowest BCUT2D eigenvalue weighted by Crippen LogP contribution is -2.29. The van der Waals surface area contributed by atoms with Crippen LogP contribution in [0.5, 0.6) is 5.75 Å². The van der Waals surface area contributed by atoms with E-state index in [2.05, 4.69) is 27.1 Å². The van der Waals surface area contributed by atoms with E-state index in [0.29, 0.717) is 36.5 Å². The molecule has 0 aliphatic heterocycles. The minimum atomic E-state index is -0.749. The molecule has 168 valence electrons. The van der Waals surface area contributed by atoms with Crippen LogP contribution in [0.15, 0.2) is 24.9 Å². The maximum Gasteiger partial charge on any atom is 0.306 e. The van der Waals surface area contributed by atoms with Crippen LogP contribution in [-0.4, -0.2) is 52.2 Å². The van der Waals surface area contributed by atoms with Gasteiger partial charge in [-0.1, -0.05) is 11.8 Å². The van der Waals surface area contributed by atoms with Crippen molar-refractivity contribution in [3.63, 3.8) is 0 Å². The number of aliphatic carboxylic acids is 1. The van der Waals surface area contributed by atoms with Crippen LogP contribution in [0.1, 0.15) is 49.7 Å². The van der Waals surface area contributed by atoms with E-state index in [1.807, 2.05) is 33.0 Å². The van der Waals surface area contributed by atoms with Crippen LogP contribution in [-0.2, 0) is 18.4 Å². The average Bonchev–Trinajstić information content (AvgIpc) is 3.37. The Hall–Kier alpha value is -3.56. The Morgan fingerprint density at radius 1 is 1.34 bits per heavy atom. The van der Waals surface area contributed by atoms with Crippen molar-refractivity contribution in [3.8, 4) is 17.1 Å². The molecule has 1 saturated carbocycles. The van der Waals surface area contributed by atoms with Crippen molar-refractivity contribution >= 4 is 11.5 Å². The van der Waals surface area contributed by atoms with E-state index >= 15 is 0 Å². The van der Waals surface area contributed by atoms with Crippen molar-refractivity contribution in [1.82, 2.24) is 35.0 Å². The van der Waals surface area contributed by atoms with Gasteiger partial charge in [-0.15, -0.1) is 5.10 Å². The molecular formula is C22H27N7O3. The highest BCUT2D eigenvalue weighted by molar-refractivity contribution is 5.70. The maximum atomic E-state index is 11.3. The van der Waals surface area contributed by atoms with E-state index in [0.717, 1.165) is 35.5 Å². The monoisotopic (exact) mass is 437 g/mol. The highest BCUT2D eigenvalue weighted by atomic mass is 16.5. The van der Waals surface area contributed by atoms with Crippen LogP contribution in [0.3, 0.4) is 0 Å². The number of carboxylic acids is 1. The number of aromatic nitrogens is 7. The molecular weight excluding hydrogens is 410 g/mol. The van der Waals surface area contributed by atoms with Gasteiger partial charge in [-0.3, -0.25) is 4.79 Å². The number of hydrogen-bond donors (Lipinski definition) is 1. The molecule has 0 amide bonds. The second-order valence-corrected chi connectivity index (χ2v) is 8.27. The Labute approximate surface area is 185 Å². The molecule has 10 heteroatoms. The summed E-state index contributed by atoms with van der Waals surface area (Å²) in [5, 5.41) is 26.5. The zero-order chi connectivity index (χ0) is 22.8. The first-order chi connectivity index (χ1) is 15.3. The molecule has 0 bridgehead atoms. The first kappa shape index (κ1) is 21.7. The van der Waals surface area contributed by atoms with Gasteiger partial charge >= 0.3 is 5.97 Å². The molecule has 10 nitrogen and oxygen atoms in total. The van der Waals surface area contributed by atoms with Crippen LogP contribution < -0.4 is 4.74 Å². The number of nitrogens with zero attached hydrogens (tertiary/aromatic N) is 7. The molecule has 2 unspecified atom stereocenters. The molecule has 32 heavy (non-hydrogen) atoms. The van der Waals surface area contributed by atoms with Gasteiger partial charge in [0.15, 0.2) is 0 Å². The van der Waals surface area contributed by atoms with Gasteiger partial charge in [-0.05, 0) is 57.2 Å². The predicted molar refractivity (Wildman–Crippen MR) is 117 cm³/mol. The summed E-state index contributed by atoms with van der Waals surface area (Å²) in [5.74, 6) is -0.430. The van der Waals surface area contributed by atoms with E-state index in [1.54, 1.807) is 15.7 Å². The molecule has 2 atom stereocenters. The topological polar surface area (TPSA) is 121 Å². The number of carbonyl (C=O) groups is 1. The van der Waals surface area contributed by atoms with Crippen molar-refractivity contribution in [2.45, 2.75) is 52.2 Å². The van der Waals surface area contributed by atoms with Crippen molar-refractivity contribution in [2.24, 2.45) is 13.0 Å². The minimum absolute atomic E-state index is 0.114. The lowest BCUT2D eigenvalue weighted by molar-refractivity contribution is -0.143. The molecule has 3 aromatic rings. The Morgan fingerprint density at radius 3 is 2.84 bits per heavy atom. The summed E-state index contributed by atoms with van der Waals surface area (Å²) < 4.78 is 7.80. The standard InChI is InChI=1S/C22H27N7O3/c1-13(2)18-11-23-29(26-18)12-19-21(25-27-28(19)4)17-8-9-20(14(3)24-17)32-16-7-5-6-15(10-16)22(30)31/h8-9,11,15-16H,1,5-7,10,12H2,2-4H3,(H,30,31). The van der Waals surface area contributed by atoms with Crippen molar-refractivity contribution in [3.05, 3.63) is 42.0 Å². The van der Waals surface area contributed by atoms with Crippen LogP contribution in [0.4, 0.5) is 0 Å². The third kappa shape index (κ3) is 4.53. The smallest absolute Gasteiger partial charge is 0.306 e. The predicted octanol–water partition coefficient (Wildman–Crippen LogP) is 2.88. The molecule has 0 aromatic carbocycles. The van der Waals surface area contributed by atoms with E-state index in [9.17, 15) is 9.90 Å². The van der Waals surface area contributed by atoms with E-state index < -0.39 is 5.97 Å². The van der Waals surface area contributed by atoms with Gasteiger partial charge < -0.3 is 9.84 Å². The van der Waals surface area contributed by atoms with Gasteiger partial charge in [0.05, 0.1) is 35.3 Å². The number of allylic oxidation sites excluding steroid dienone is 1. The summed E-state index contributed by atoms with van der Waals surface area (Å²) in [6, 6.07) is 3.72. The Morgan fingerprint density at radius 2 is 2.16 bits per heavy atom. The summed E-state index contributed by atoms with van der Waals surface area (Å²) in [4.78, 5) is 17.6. The van der Waals surface area contributed by atoms with E-state index in [4.69, 9.17) is 9.72 Å². The van der Waals surface area contributed by atoms with Crippen molar-refractivity contribution < 1.29 is 14.6 Å². The van der Waals surface area contributed by atoms with Gasteiger partial charge in [-0.25, -0.2) is 9.67 Å². The number of ether oxygens (including phenoxy) is 1. The highest BCUT2D eigenvalue weighted by Crippen LogP contribution is 2.30. The SMILES string of the molecule is C=C(C)c1cnn(Cc2c(-c3ccc(OC4CCCC(C(=O)O)C4)c(C)n3)nnn2C)n1. The first-order valence-corrected chi connectivity index (χ1v) is 10.6. The molecule has 1 aliphatic rings. The van der Waals surface area contributed by atoms with Crippen LogP contribution in [0.25, 0.3) is 17.0 Å². The second kappa shape index (κ2) is 8.89. The van der Waals surface area contributed by atoms with Crippen LogP contribution in [0, 0.1) is 12.8 Å². The second-order valence-electron chi connectivity index (χ2n) is 8.27. The third-order valence-corrected chi connectivity index (χ3v) is 5.76. The fraction of sp³-hybridized carbons (Fsp3) is 0.455. The minimum Gasteiger partial charge on any atom is -0.489 e. The molecule has 4 rings (SSSR count). The summed E-state index contributed by atoms with van der Waals surface area (Å²) >= 11 is 0. The van der Waals surface area contributed by atoms with E-state index in [-0.39, 0.29) is 12.0 Å². The molecule has 0 spiro atoms. The zero-order valence-corrected chi connectivity index (χ0v) is 18.5. The number of carboxylic acid groups (broad SMARTS) is 1. The number of rotatable bonds is 7. The normalized spacial score (nSPS) is 18.5. The molecule has 1 fully saturated rings. The highest BCUT2D eigenvalue weighted by Gasteiger charge is 2.28. The zero-order valence-electron chi connectivity index (χ0n) is 18.5. The number of hydrogen-bond acceptors (Lipinski definition) is 7. The maximum absolute atomic E-state index is 11.3. The van der Waals surface area contributed by atoms with E-state index in [1.165, 1.54) is 0 Å². The Kier molecular flexibility index (Phi) is 6.02. The molecule has 0 saturated heterocycles. The third-order valence-electron chi connectivity index (χ3n) is 5.76. The van der Waals surface area contributed by atoms with Gasteiger partial charge in [0, 0.05) is 7.05 Å². The molecule has 0 radical (unpaired) electrons. The summed E-state index contributed by atoms with van der Waals surface area (Å²) in [6.45, 7) is 8.05. The molecule has 3 aromatic heterocycles. The molecule has 3 heterocycles. The van der Waals surface area contributed by atoms with Gasteiger partial charge in [0.2, 0.25) is 0 Å². The summed E-state index contributed by atoms with van der Waals surface area (Å²) in [7, 11) is 1.82. The van der Waals surface area contributed by atoms with Crippen LogP contribution >= 0.6 is 0 Å². The van der Waals surface area contributed by atoms with Crippen molar-refractivity contribution in [1.29, 1.82) is 0 Å². The van der Waals surface area contributed by atoms with Gasteiger partial charge in [0.25, 0.3) is 0 Å². The fourth-order valence-electron chi connectivity index (χ4n) is 3.92. The fourth-order valence-corrected chi connectivity index (χ4v) is 3.92. The summed E-state index contributed by atoms with van der Waals surface area (Å²) in [6.07, 6.45) is 4.50. The largest absolute Gasteiger partial charge is 0.489 e. The number of pyridine rings is 1. The molecule has 1 N–H and O–H groups in total. The van der Waals surface area contributed by atoms with Crippen molar-refractivity contribution in [2.75, 3.05) is 0 Å². The van der Waals surface area contributed by atoms with Gasteiger partial charge in [0.1, 0.15) is 23.7 Å². The number of aryl methyl sites for hydroxylation is 2.